The Bertz CT molecular complexity index is 929. The number of benzene rings is 1. The smallest absolute Gasteiger partial charge is 0.240 e. The molecule has 0 amide bonds. The van der Waals surface area contributed by atoms with Crippen molar-refractivity contribution in [1.82, 2.24) is 4.72 Å². The van der Waals surface area contributed by atoms with Gasteiger partial charge in [-0.15, -0.1) is 0 Å². The molecule has 4 aliphatic rings. The number of rotatable bonds is 4. The van der Waals surface area contributed by atoms with E-state index in [1.54, 1.807) is 24.3 Å². The summed E-state index contributed by atoms with van der Waals surface area (Å²) >= 11 is 0. The summed E-state index contributed by atoms with van der Waals surface area (Å²) in [5.41, 5.74) is -0.228. The van der Waals surface area contributed by atoms with Crippen molar-refractivity contribution in [3.8, 4) is 0 Å². The Labute approximate surface area is 194 Å². The molecule has 9 atom stereocenters. The molecule has 32 heavy (non-hydrogen) atoms. The lowest BCUT2D eigenvalue weighted by Gasteiger charge is -2.57. The van der Waals surface area contributed by atoms with Gasteiger partial charge in [0, 0.05) is 6.04 Å². The van der Waals surface area contributed by atoms with E-state index in [0.717, 1.165) is 42.9 Å². The SMILES string of the molecule is C[C@H](NS(=O)(=O)c1ccccc1)C1CC[C@H]2[C@@H]3CC[C@@H]4C[C@](C)(O)CC[C@@H]4[C@H]3CC[C@]12C. The molecule has 4 aliphatic carbocycles. The highest BCUT2D eigenvalue weighted by atomic mass is 32.2. The molecular weight excluding hydrogens is 418 g/mol. The summed E-state index contributed by atoms with van der Waals surface area (Å²) in [7, 11) is -3.49. The van der Waals surface area contributed by atoms with Crippen LogP contribution in [0.3, 0.4) is 0 Å². The van der Waals surface area contributed by atoms with Gasteiger partial charge in [-0.3, -0.25) is 0 Å². The molecule has 4 fully saturated rings. The maximum Gasteiger partial charge on any atom is 0.240 e. The molecule has 0 aliphatic heterocycles. The molecule has 1 aromatic rings. The van der Waals surface area contributed by atoms with Gasteiger partial charge in [0.25, 0.3) is 0 Å². The number of hydrogen-bond acceptors (Lipinski definition) is 3. The van der Waals surface area contributed by atoms with Crippen LogP contribution in [-0.2, 0) is 10.0 Å². The lowest BCUT2D eigenvalue weighted by atomic mass is 9.49. The van der Waals surface area contributed by atoms with Crippen LogP contribution >= 0.6 is 0 Å². The minimum absolute atomic E-state index is 0.0483. The Balaban J connectivity index is 1.31. The number of hydrogen-bond donors (Lipinski definition) is 2. The Morgan fingerprint density at radius 2 is 1.66 bits per heavy atom. The molecule has 0 spiro atoms. The molecule has 0 saturated heterocycles. The molecule has 178 valence electrons. The van der Waals surface area contributed by atoms with Gasteiger partial charge in [-0.05, 0) is 125 Å². The molecule has 2 N–H and O–H groups in total. The van der Waals surface area contributed by atoms with Gasteiger partial charge in [0.2, 0.25) is 10.0 Å². The Hall–Kier alpha value is -0.910. The summed E-state index contributed by atoms with van der Waals surface area (Å²) < 4.78 is 29.0. The third kappa shape index (κ3) is 3.86. The van der Waals surface area contributed by atoms with Crippen LogP contribution in [0.15, 0.2) is 35.2 Å². The molecule has 1 aromatic carbocycles. The highest BCUT2D eigenvalue weighted by Gasteiger charge is 2.58. The highest BCUT2D eigenvalue weighted by molar-refractivity contribution is 7.89. The molecule has 1 unspecified atom stereocenters. The van der Waals surface area contributed by atoms with Crippen LogP contribution < -0.4 is 4.72 Å². The van der Waals surface area contributed by atoms with Crippen LogP contribution in [0.25, 0.3) is 0 Å². The second-order valence-electron chi connectivity index (χ2n) is 12.1. The van der Waals surface area contributed by atoms with Crippen molar-refractivity contribution in [3.05, 3.63) is 30.3 Å². The summed E-state index contributed by atoms with van der Waals surface area (Å²) in [6.45, 7) is 6.59. The van der Waals surface area contributed by atoms with Crippen LogP contribution in [0.5, 0.6) is 0 Å². The zero-order valence-electron chi connectivity index (χ0n) is 20.0. The molecule has 0 bridgehead atoms. The van der Waals surface area contributed by atoms with E-state index >= 15 is 0 Å². The van der Waals surface area contributed by atoms with E-state index in [-0.39, 0.29) is 11.5 Å². The van der Waals surface area contributed by atoms with Crippen molar-refractivity contribution in [3.63, 3.8) is 0 Å². The van der Waals surface area contributed by atoms with Crippen LogP contribution in [0.2, 0.25) is 0 Å². The van der Waals surface area contributed by atoms with Crippen molar-refractivity contribution in [2.45, 2.75) is 95.1 Å². The number of sulfonamides is 1. The van der Waals surface area contributed by atoms with Gasteiger partial charge in [0.05, 0.1) is 10.5 Å². The first-order valence-electron chi connectivity index (χ1n) is 12.9. The van der Waals surface area contributed by atoms with Crippen molar-refractivity contribution < 1.29 is 13.5 Å². The van der Waals surface area contributed by atoms with Gasteiger partial charge in [-0.1, -0.05) is 25.1 Å². The first-order chi connectivity index (χ1) is 15.1. The second kappa shape index (κ2) is 8.09. The first kappa shape index (κ1) is 22.9. The minimum atomic E-state index is -3.49. The van der Waals surface area contributed by atoms with Crippen molar-refractivity contribution in [1.29, 1.82) is 0 Å². The van der Waals surface area contributed by atoms with Gasteiger partial charge in [0.1, 0.15) is 0 Å². The van der Waals surface area contributed by atoms with E-state index < -0.39 is 15.6 Å². The predicted octanol–water partition coefficient (Wildman–Crippen LogP) is 5.37. The van der Waals surface area contributed by atoms with E-state index in [1.807, 2.05) is 13.0 Å². The number of nitrogens with one attached hydrogen (secondary N) is 1. The molecule has 0 radical (unpaired) electrons. The summed E-state index contributed by atoms with van der Waals surface area (Å²) in [5, 5.41) is 10.6. The van der Waals surface area contributed by atoms with Crippen LogP contribution in [0, 0.1) is 40.9 Å². The van der Waals surface area contributed by atoms with Gasteiger partial charge < -0.3 is 5.11 Å². The topological polar surface area (TPSA) is 66.4 Å². The highest BCUT2D eigenvalue weighted by Crippen LogP contribution is 2.65. The van der Waals surface area contributed by atoms with E-state index in [9.17, 15) is 13.5 Å². The molecule has 5 rings (SSSR count). The average Bonchev–Trinajstić information content (AvgIpc) is 3.10. The van der Waals surface area contributed by atoms with Crippen LogP contribution in [0.1, 0.15) is 78.6 Å². The fourth-order valence-corrected chi connectivity index (χ4v) is 10.2. The lowest BCUT2D eigenvalue weighted by Crippen LogP contribution is -2.52. The first-order valence-corrected chi connectivity index (χ1v) is 14.4. The van der Waals surface area contributed by atoms with E-state index in [0.29, 0.717) is 16.7 Å². The predicted molar refractivity (Wildman–Crippen MR) is 127 cm³/mol. The third-order valence-electron chi connectivity index (χ3n) is 10.3. The van der Waals surface area contributed by atoms with Gasteiger partial charge in [0.15, 0.2) is 0 Å². The molecule has 0 aromatic heterocycles. The summed E-state index contributed by atoms with van der Waals surface area (Å²) in [6.07, 6.45) is 10.6. The standard InChI is InChI=1S/C27H41NO3S/c1-18(28-32(30,31)20-7-5-4-6-8-20)24-11-12-25-23-10-9-19-17-26(2,29)15-13-21(19)22(23)14-16-27(24,25)3/h4-8,18-19,21-25,28-29H,9-17H2,1-3H3/t18-,19+,21-,22+,23+,24?,25-,26+,27+/m0/s1. The average molecular weight is 460 g/mol. The zero-order valence-corrected chi connectivity index (χ0v) is 20.8. The number of aliphatic hydroxyl groups is 1. The summed E-state index contributed by atoms with van der Waals surface area (Å²) in [4.78, 5) is 0.363. The van der Waals surface area contributed by atoms with Gasteiger partial charge >= 0.3 is 0 Å². The monoisotopic (exact) mass is 459 g/mol. The maximum absolute atomic E-state index is 13.0. The van der Waals surface area contributed by atoms with Crippen molar-refractivity contribution in [2.24, 2.45) is 40.9 Å². The third-order valence-corrected chi connectivity index (χ3v) is 11.9. The molecular formula is C27H41NO3S. The molecule has 4 nitrogen and oxygen atoms in total. The summed E-state index contributed by atoms with van der Waals surface area (Å²) in [6, 6.07) is 8.74. The van der Waals surface area contributed by atoms with Crippen molar-refractivity contribution in [2.75, 3.05) is 0 Å². The largest absolute Gasteiger partial charge is 0.390 e. The fourth-order valence-electron chi connectivity index (χ4n) is 8.94. The minimum Gasteiger partial charge on any atom is -0.390 e. The molecule has 4 saturated carbocycles. The maximum atomic E-state index is 13.0. The van der Waals surface area contributed by atoms with E-state index in [4.69, 9.17) is 0 Å². The fraction of sp³-hybridized carbons (Fsp3) is 0.778. The van der Waals surface area contributed by atoms with Crippen molar-refractivity contribution >= 4 is 10.0 Å². The van der Waals surface area contributed by atoms with Crippen LogP contribution in [0.4, 0.5) is 0 Å². The summed E-state index contributed by atoms with van der Waals surface area (Å²) in [5.74, 6) is 4.23. The number of fused-ring (bicyclic) bond motifs is 5. The normalized spacial score (nSPS) is 44.9. The van der Waals surface area contributed by atoms with Crippen LogP contribution in [-0.4, -0.2) is 25.2 Å². The molecule has 0 heterocycles. The van der Waals surface area contributed by atoms with Gasteiger partial charge in [-0.25, -0.2) is 13.1 Å². The van der Waals surface area contributed by atoms with E-state index in [1.165, 1.54) is 38.5 Å². The Morgan fingerprint density at radius 3 is 2.41 bits per heavy atom. The Kier molecular flexibility index (Phi) is 5.78. The second-order valence-corrected chi connectivity index (χ2v) is 13.8. The Morgan fingerprint density at radius 1 is 0.938 bits per heavy atom. The van der Waals surface area contributed by atoms with E-state index in [2.05, 4.69) is 18.6 Å². The quantitative estimate of drug-likeness (QED) is 0.636. The lowest BCUT2D eigenvalue weighted by molar-refractivity contribution is -0.101. The van der Waals surface area contributed by atoms with Gasteiger partial charge in [-0.2, -0.15) is 0 Å². The molecule has 5 heteroatoms. The zero-order chi connectivity index (χ0) is 22.7.